The van der Waals surface area contributed by atoms with E-state index in [9.17, 15) is 13.2 Å². The Labute approximate surface area is 107 Å². The van der Waals surface area contributed by atoms with Crippen molar-refractivity contribution in [1.82, 2.24) is 0 Å². The van der Waals surface area contributed by atoms with E-state index in [4.69, 9.17) is 10.2 Å². The fourth-order valence-corrected chi connectivity index (χ4v) is 1.66. The van der Waals surface area contributed by atoms with Gasteiger partial charge in [0, 0.05) is 0 Å². The standard InChI is InChI=1S/C13H12F3NO2/c1-8-2-7-11(18-8)12(17)9-3-5-10(6-4-9)19-13(14,15)16/h2-7,12H,17H2,1H3/t12-/m1/s1. The highest BCUT2D eigenvalue weighted by atomic mass is 19.4. The van der Waals surface area contributed by atoms with Gasteiger partial charge < -0.3 is 14.9 Å². The summed E-state index contributed by atoms with van der Waals surface area (Å²) in [7, 11) is 0. The number of aryl methyl sites for hydroxylation is 1. The molecule has 1 aromatic carbocycles. The van der Waals surface area contributed by atoms with Crippen LogP contribution in [0.25, 0.3) is 0 Å². The molecule has 102 valence electrons. The number of rotatable bonds is 3. The second kappa shape index (κ2) is 4.97. The van der Waals surface area contributed by atoms with E-state index in [1.807, 2.05) is 0 Å². The van der Waals surface area contributed by atoms with Gasteiger partial charge in [-0.3, -0.25) is 0 Å². The fraction of sp³-hybridized carbons (Fsp3) is 0.231. The molecule has 0 saturated carbocycles. The van der Waals surface area contributed by atoms with E-state index in [1.165, 1.54) is 24.3 Å². The summed E-state index contributed by atoms with van der Waals surface area (Å²) in [5.41, 5.74) is 6.59. The summed E-state index contributed by atoms with van der Waals surface area (Å²) in [5, 5.41) is 0. The molecule has 0 unspecified atom stereocenters. The molecule has 0 fully saturated rings. The number of nitrogens with two attached hydrogens (primary N) is 1. The van der Waals surface area contributed by atoms with Gasteiger partial charge in [-0.2, -0.15) is 0 Å². The van der Waals surface area contributed by atoms with Gasteiger partial charge in [0.1, 0.15) is 17.3 Å². The van der Waals surface area contributed by atoms with E-state index in [2.05, 4.69) is 4.74 Å². The third-order valence-electron chi connectivity index (χ3n) is 2.54. The van der Waals surface area contributed by atoms with Crippen molar-refractivity contribution in [1.29, 1.82) is 0 Å². The molecule has 0 bridgehead atoms. The SMILES string of the molecule is Cc1ccc([C@H](N)c2ccc(OC(F)(F)F)cc2)o1. The number of halogens is 3. The minimum absolute atomic E-state index is 0.279. The highest BCUT2D eigenvalue weighted by Gasteiger charge is 2.31. The highest BCUT2D eigenvalue weighted by Crippen LogP contribution is 2.26. The molecule has 0 amide bonds. The molecule has 0 spiro atoms. The molecule has 2 rings (SSSR count). The number of hydrogen-bond donors (Lipinski definition) is 1. The van der Waals surface area contributed by atoms with Crippen LogP contribution >= 0.6 is 0 Å². The maximum Gasteiger partial charge on any atom is 0.573 e. The summed E-state index contributed by atoms with van der Waals surface area (Å²) in [4.78, 5) is 0. The molecule has 6 heteroatoms. The van der Waals surface area contributed by atoms with Crippen molar-refractivity contribution < 1.29 is 22.3 Å². The van der Waals surface area contributed by atoms with Crippen molar-refractivity contribution in [2.75, 3.05) is 0 Å². The smallest absolute Gasteiger partial charge is 0.464 e. The minimum Gasteiger partial charge on any atom is -0.464 e. The maximum absolute atomic E-state index is 12.0. The Balaban J connectivity index is 2.14. The molecule has 0 saturated heterocycles. The second-order valence-corrected chi connectivity index (χ2v) is 4.04. The van der Waals surface area contributed by atoms with E-state index in [0.717, 1.165) is 5.76 Å². The first kappa shape index (κ1) is 13.5. The minimum atomic E-state index is -4.69. The van der Waals surface area contributed by atoms with Crippen LogP contribution in [0.2, 0.25) is 0 Å². The molecule has 0 aliphatic heterocycles. The van der Waals surface area contributed by atoms with Crippen molar-refractivity contribution in [3.63, 3.8) is 0 Å². The lowest BCUT2D eigenvalue weighted by atomic mass is 10.1. The van der Waals surface area contributed by atoms with Gasteiger partial charge in [-0.15, -0.1) is 13.2 Å². The van der Waals surface area contributed by atoms with Crippen molar-refractivity contribution >= 4 is 0 Å². The van der Waals surface area contributed by atoms with Crippen LogP contribution in [0.1, 0.15) is 23.1 Å². The van der Waals surface area contributed by atoms with Gasteiger partial charge in [-0.1, -0.05) is 12.1 Å². The van der Waals surface area contributed by atoms with Gasteiger partial charge in [-0.25, -0.2) is 0 Å². The summed E-state index contributed by atoms with van der Waals surface area (Å²) >= 11 is 0. The normalized spacial score (nSPS) is 13.3. The highest BCUT2D eigenvalue weighted by molar-refractivity contribution is 5.32. The quantitative estimate of drug-likeness (QED) is 0.928. The third-order valence-corrected chi connectivity index (χ3v) is 2.54. The van der Waals surface area contributed by atoms with Crippen molar-refractivity contribution in [2.45, 2.75) is 19.3 Å². The van der Waals surface area contributed by atoms with Crippen LogP contribution in [0.5, 0.6) is 5.75 Å². The van der Waals surface area contributed by atoms with Crippen LogP contribution < -0.4 is 10.5 Å². The number of hydrogen-bond acceptors (Lipinski definition) is 3. The van der Waals surface area contributed by atoms with Crippen LogP contribution in [-0.2, 0) is 0 Å². The second-order valence-electron chi connectivity index (χ2n) is 4.04. The Morgan fingerprint density at radius 1 is 1.11 bits per heavy atom. The summed E-state index contributed by atoms with van der Waals surface area (Å²) in [6, 6.07) is 8.38. The van der Waals surface area contributed by atoms with Crippen LogP contribution in [0.3, 0.4) is 0 Å². The Morgan fingerprint density at radius 2 is 1.74 bits per heavy atom. The molecule has 0 aliphatic carbocycles. The molecule has 0 radical (unpaired) electrons. The predicted molar refractivity (Wildman–Crippen MR) is 62.6 cm³/mol. The van der Waals surface area contributed by atoms with E-state index in [0.29, 0.717) is 11.3 Å². The number of alkyl halides is 3. The molecule has 19 heavy (non-hydrogen) atoms. The summed E-state index contributed by atoms with van der Waals surface area (Å²) in [6.07, 6.45) is -4.69. The Morgan fingerprint density at radius 3 is 2.21 bits per heavy atom. The van der Waals surface area contributed by atoms with Crippen molar-refractivity contribution in [3.05, 3.63) is 53.5 Å². The van der Waals surface area contributed by atoms with Crippen molar-refractivity contribution in [3.8, 4) is 5.75 Å². The number of benzene rings is 1. The number of ether oxygens (including phenoxy) is 1. The molecule has 0 aliphatic rings. The molecule has 2 N–H and O–H groups in total. The van der Waals surface area contributed by atoms with Gasteiger partial charge >= 0.3 is 6.36 Å². The first-order valence-corrected chi connectivity index (χ1v) is 5.53. The zero-order valence-corrected chi connectivity index (χ0v) is 10.1. The zero-order chi connectivity index (χ0) is 14.0. The Kier molecular flexibility index (Phi) is 3.53. The predicted octanol–water partition coefficient (Wildman–Crippen LogP) is 3.53. The van der Waals surface area contributed by atoms with E-state index in [-0.39, 0.29) is 5.75 Å². The molecular formula is C13H12F3NO2. The Hall–Kier alpha value is -1.95. The lowest BCUT2D eigenvalue weighted by molar-refractivity contribution is -0.274. The summed E-state index contributed by atoms with van der Waals surface area (Å²) < 4.78 is 45.2. The van der Waals surface area contributed by atoms with E-state index < -0.39 is 12.4 Å². The lowest BCUT2D eigenvalue weighted by Crippen LogP contribution is -2.17. The Bertz CT molecular complexity index is 546. The zero-order valence-electron chi connectivity index (χ0n) is 10.1. The van der Waals surface area contributed by atoms with E-state index in [1.54, 1.807) is 19.1 Å². The van der Waals surface area contributed by atoms with E-state index >= 15 is 0 Å². The lowest BCUT2D eigenvalue weighted by Gasteiger charge is -2.12. The molecular weight excluding hydrogens is 259 g/mol. The average Bonchev–Trinajstić information content (AvgIpc) is 2.74. The maximum atomic E-state index is 12.0. The molecule has 1 heterocycles. The third kappa shape index (κ3) is 3.51. The van der Waals surface area contributed by atoms with Crippen LogP contribution in [0.4, 0.5) is 13.2 Å². The monoisotopic (exact) mass is 271 g/mol. The van der Waals surface area contributed by atoms with Gasteiger partial charge in [0.2, 0.25) is 0 Å². The molecule has 1 aromatic heterocycles. The first-order chi connectivity index (χ1) is 8.85. The summed E-state index contributed by atoms with van der Waals surface area (Å²) in [6.45, 7) is 1.79. The van der Waals surface area contributed by atoms with Gasteiger partial charge in [0.05, 0.1) is 6.04 Å². The van der Waals surface area contributed by atoms with Crippen LogP contribution in [0, 0.1) is 6.92 Å². The molecule has 1 atom stereocenters. The number of furan rings is 1. The topological polar surface area (TPSA) is 48.4 Å². The molecule has 3 nitrogen and oxygen atoms in total. The summed E-state index contributed by atoms with van der Waals surface area (Å²) in [5.74, 6) is 1.00. The first-order valence-electron chi connectivity index (χ1n) is 5.53. The van der Waals surface area contributed by atoms with Gasteiger partial charge in [0.15, 0.2) is 0 Å². The average molecular weight is 271 g/mol. The largest absolute Gasteiger partial charge is 0.573 e. The van der Waals surface area contributed by atoms with Gasteiger partial charge in [-0.05, 0) is 36.8 Å². The van der Waals surface area contributed by atoms with Crippen LogP contribution in [-0.4, -0.2) is 6.36 Å². The molecule has 2 aromatic rings. The van der Waals surface area contributed by atoms with Crippen molar-refractivity contribution in [2.24, 2.45) is 5.73 Å². The van der Waals surface area contributed by atoms with Gasteiger partial charge in [0.25, 0.3) is 0 Å². The van der Waals surface area contributed by atoms with Crippen LogP contribution in [0.15, 0.2) is 40.8 Å². The fourth-order valence-electron chi connectivity index (χ4n) is 1.66.